The van der Waals surface area contributed by atoms with Gasteiger partial charge in [-0.3, -0.25) is 14.5 Å². The third-order valence-corrected chi connectivity index (χ3v) is 3.61. The highest BCUT2D eigenvalue weighted by Gasteiger charge is 2.28. The van der Waals surface area contributed by atoms with Crippen LogP contribution in [-0.4, -0.2) is 37.6 Å². The predicted octanol–water partition coefficient (Wildman–Crippen LogP) is 2.62. The summed E-state index contributed by atoms with van der Waals surface area (Å²) in [5.41, 5.74) is 0.797. The largest absolute Gasteiger partial charge is 0.484 e. The van der Waals surface area contributed by atoms with Crippen molar-refractivity contribution in [1.29, 1.82) is 0 Å². The number of halogens is 3. The van der Waals surface area contributed by atoms with Gasteiger partial charge in [-0.1, -0.05) is 0 Å². The molecule has 2 aromatic heterocycles. The Hall–Kier alpha value is -3.14. The van der Waals surface area contributed by atoms with Crippen LogP contribution in [0.25, 0.3) is 16.9 Å². The normalized spacial score (nSPS) is 12.8. The van der Waals surface area contributed by atoms with Crippen molar-refractivity contribution >= 4 is 0 Å². The van der Waals surface area contributed by atoms with Crippen molar-refractivity contribution in [2.24, 2.45) is 0 Å². The SMILES string of the molecule is CC(O)c1nc(-c2cn[nH]c2)cc(=O)n1-c1ccc(OCC(F)(F)F)cc1. The summed E-state index contributed by atoms with van der Waals surface area (Å²) in [6.07, 6.45) is -2.46. The molecule has 1 atom stereocenters. The van der Waals surface area contributed by atoms with Crippen molar-refractivity contribution in [1.82, 2.24) is 19.7 Å². The summed E-state index contributed by atoms with van der Waals surface area (Å²) in [5, 5.41) is 16.5. The van der Waals surface area contributed by atoms with E-state index in [2.05, 4.69) is 19.9 Å². The molecule has 10 heteroatoms. The maximum Gasteiger partial charge on any atom is 0.422 e. The first kappa shape index (κ1) is 18.6. The Morgan fingerprint density at radius 2 is 2.00 bits per heavy atom. The van der Waals surface area contributed by atoms with E-state index in [0.717, 1.165) is 0 Å². The lowest BCUT2D eigenvalue weighted by Crippen LogP contribution is -2.24. The Bertz CT molecular complexity index is 965. The molecule has 1 unspecified atom stereocenters. The van der Waals surface area contributed by atoms with Crippen LogP contribution < -0.4 is 10.3 Å². The number of hydrogen-bond acceptors (Lipinski definition) is 5. The summed E-state index contributed by atoms with van der Waals surface area (Å²) in [4.78, 5) is 16.9. The minimum absolute atomic E-state index is 0.00528. The van der Waals surface area contributed by atoms with Gasteiger partial charge < -0.3 is 9.84 Å². The molecule has 0 saturated carbocycles. The zero-order valence-corrected chi connectivity index (χ0v) is 14.1. The number of aromatic nitrogens is 4. The zero-order valence-electron chi connectivity index (χ0n) is 14.1. The van der Waals surface area contributed by atoms with Crippen molar-refractivity contribution in [3.63, 3.8) is 0 Å². The van der Waals surface area contributed by atoms with Crippen molar-refractivity contribution < 1.29 is 23.0 Å². The molecule has 0 aliphatic heterocycles. The fourth-order valence-corrected chi connectivity index (χ4v) is 2.44. The van der Waals surface area contributed by atoms with E-state index in [9.17, 15) is 23.1 Å². The van der Waals surface area contributed by atoms with Crippen LogP contribution in [0.1, 0.15) is 18.9 Å². The number of H-pyrrole nitrogens is 1. The van der Waals surface area contributed by atoms with Gasteiger partial charge in [0, 0.05) is 17.8 Å². The van der Waals surface area contributed by atoms with Crippen molar-refractivity contribution in [2.75, 3.05) is 6.61 Å². The van der Waals surface area contributed by atoms with E-state index in [1.807, 2.05) is 0 Å². The smallest absolute Gasteiger partial charge is 0.422 e. The Morgan fingerprint density at radius 3 is 2.56 bits per heavy atom. The van der Waals surface area contributed by atoms with Crippen molar-refractivity contribution in [3.05, 3.63) is 58.9 Å². The first-order chi connectivity index (χ1) is 12.7. The standard InChI is InChI=1S/C17H15F3N4O3/c1-10(25)16-23-14(11-7-21-22-8-11)6-15(26)24(16)12-2-4-13(5-3-12)27-9-17(18,19)20/h2-8,10,25H,9H2,1H3,(H,21,22). The lowest BCUT2D eigenvalue weighted by molar-refractivity contribution is -0.153. The average Bonchev–Trinajstić information content (AvgIpc) is 3.14. The number of nitrogens with zero attached hydrogens (tertiary/aromatic N) is 3. The molecule has 0 radical (unpaired) electrons. The summed E-state index contributed by atoms with van der Waals surface area (Å²) in [5.74, 6) is 0.0911. The highest BCUT2D eigenvalue weighted by atomic mass is 19.4. The molecule has 0 fully saturated rings. The fourth-order valence-electron chi connectivity index (χ4n) is 2.44. The van der Waals surface area contributed by atoms with E-state index >= 15 is 0 Å². The first-order valence-corrected chi connectivity index (χ1v) is 7.86. The van der Waals surface area contributed by atoms with Gasteiger partial charge in [0.1, 0.15) is 17.7 Å². The lowest BCUT2D eigenvalue weighted by atomic mass is 10.2. The van der Waals surface area contributed by atoms with Gasteiger partial charge in [0.05, 0.1) is 17.6 Å². The monoisotopic (exact) mass is 380 g/mol. The van der Waals surface area contributed by atoms with Crippen LogP contribution >= 0.6 is 0 Å². The van der Waals surface area contributed by atoms with E-state index in [0.29, 0.717) is 16.9 Å². The maximum atomic E-state index is 12.6. The Kier molecular flexibility index (Phi) is 5.00. The number of aliphatic hydroxyl groups excluding tert-OH is 1. The lowest BCUT2D eigenvalue weighted by Gasteiger charge is -2.16. The molecule has 2 heterocycles. The van der Waals surface area contributed by atoms with Gasteiger partial charge in [-0.15, -0.1) is 0 Å². The molecule has 2 N–H and O–H groups in total. The molecule has 0 aliphatic carbocycles. The van der Waals surface area contributed by atoms with Crippen LogP contribution in [0.2, 0.25) is 0 Å². The third-order valence-electron chi connectivity index (χ3n) is 3.61. The maximum absolute atomic E-state index is 12.6. The van der Waals surface area contributed by atoms with Crippen LogP contribution in [0.4, 0.5) is 13.2 Å². The van der Waals surface area contributed by atoms with Gasteiger partial charge in [-0.25, -0.2) is 4.98 Å². The molecule has 1 aromatic carbocycles. The fraction of sp³-hybridized carbons (Fsp3) is 0.235. The van der Waals surface area contributed by atoms with Gasteiger partial charge in [-0.2, -0.15) is 18.3 Å². The molecule has 142 valence electrons. The molecule has 0 aliphatic rings. The van der Waals surface area contributed by atoms with Crippen LogP contribution in [0.15, 0.2) is 47.5 Å². The van der Waals surface area contributed by atoms with Crippen LogP contribution in [0, 0.1) is 0 Å². The van der Waals surface area contributed by atoms with Gasteiger partial charge in [0.25, 0.3) is 5.56 Å². The second-order valence-corrected chi connectivity index (χ2v) is 5.73. The predicted molar refractivity (Wildman–Crippen MR) is 89.6 cm³/mol. The van der Waals surface area contributed by atoms with Gasteiger partial charge in [0.15, 0.2) is 6.61 Å². The minimum atomic E-state index is -4.44. The molecule has 7 nitrogen and oxygen atoms in total. The number of benzene rings is 1. The number of ether oxygens (including phenoxy) is 1. The second-order valence-electron chi connectivity index (χ2n) is 5.73. The highest BCUT2D eigenvalue weighted by Crippen LogP contribution is 2.22. The second kappa shape index (κ2) is 7.23. The molecule has 3 rings (SSSR count). The highest BCUT2D eigenvalue weighted by molar-refractivity contribution is 5.56. The van der Waals surface area contributed by atoms with E-state index in [-0.39, 0.29) is 11.6 Å². The topological polar surface area (TPSA) is 93.0 Å². The van der Waals surface area contributed by atoms with Gasteiger partial charge >= 0.3 is 6.18 Å². The summed E-state index contributed by atoms with van der Waals surface area (Å²) >= 11 is 0. The molecule has 27 heavy (non-hydrogen) atoms. The number of aliphatic hydroxyl groups is 1. The molecule has 0 bridgehead atoms. The molecular weight excluding hydrogens is 365 g/mol. The van der Waals surface area contributed by atoms with Crippen LogP contribution in [-0.2, 0) is 0 Å². The molecule has 0 spiro atoms. The number of rotatable bonds is 5. The Morgan fingerprint density at radius 1 is 1.30 bits per heavy atom. The quantitative estimate of drug-likeness (QED) is 0.710. The molecule has 0 saturated heterocycles. The summed E-state index contributed by atoms with van der Waals surface area (Å²) in [6.45, 7) is 0.0460. The minimum Gasteiger partial charge on any atom is -0.484 e. The summed E-state index contributed by atoms with van der Waals surface area (Å²) in [7, 11) is 0. The number of nitrogens with one attached hydrogen (secondary N) is 1. The van der Waals surface area contributed by atoms with E-state index in [1.165, 1.54) is 48.0 Å². The Balaban J connectivity index is 1.97. The third kappa shape index (κ3) is 4.34. The first-order valence-electron chi connectivity index (χ1n) is 7.86. The number of aromatic amines is 1. The summed E-state index contributed by atoms with van der Waals surface area (Å²) in [6, 6.07) is 6.73. The molecular formula is C17H15F3N4O3. The zero-order chi connectivity index (χ0) is 19.6. The van der Waals surface area contributed by atoms with E-state index in [4.69, 9.17) is 0 Å². The van der Waals surface area contributed by atoms with E-state index in [1.54, 1.807) is 6.20 Å². The Labute approximate surface area is 151 Å². The molecule has 0 amide bonds. The number of alkyl halides is 3. The van der Waals surface area contributed by atoms with Crippen LogP contribution in [0.3, 0.4) is 0 Å². The van der Waals surface area contributed by atoms with Crippen molar-refractivity contribution in [3.8, 4) is 22.7 Å². The van der Waals surface area contributed by atoms with Crippen LogP contribution in [0.5, 0.6) is 5.75 Å². The van der Waals surface area contributed by atoms with Crippen molar-refractivity contribution in [2.45, 2.75) is 19.2 Å². The molecule has 3 aromatic rings. The van der Waals surface area contributed by atoms with Gasteiger partial charge in [0.2, 0.25) is 0 Å². The average molecular weight is 380 g/mol. The van der Waals surface area contributed by atoms with Gasteiger partial charge in [-0.05, 0) is 31.2 Å². The number of hydrogen-bond donors (Lipinski definition) is 2. The summed E-state index contributed by atoms with van der Waals surface area (Å²) < 4.78 is 42.5. The van der Waals surface area contributed by atoms with E-state index < -0.39 is 24.4 Å².